The Bertz CT molecular complexity index is 3850. The minimum atomic E-state index is -1.98. The first kappa shape index (κ1) is 101. The summed E-state index contributed by atoms with van der Waals surface area (Å²) < 4.78 is 0. The number of aromatic nitrogens is 2. The van der Waals surface area contributed by atoms with E-state index in [9.17, 15) is 102 Å². The zero-order valence-corrected chi connectivity index (χ0v) is 68.6. The normalized spacial score (nSPS) is 14.7. The fourth-order valence-electron chi connectivity index (χ4n) is 12.2. The summed E-state index contributed by atoms with van der Waals surface area (Å²) in [7, 11) is 0. The number of carboxylic acid groups (broad SMARTS) is 2. The molecule has 41 heteroatoms. The van der Waals surface area contributed by atoms with Crippen molar-refractivity contribution in [3.63, 3.8) is 0 Å². The molecule has 0 saturated heterocycles. The van der Waals surface area contributed by atoms with Gasteiger partial charge in [-0.2, -0.15) is 0 Å². The Labute approximate surface area is 690 Å². The van der Waals surface area contributed by atoms with Crippen molar-refractivity contribution in [1.29, 1.82) is 0 Å². The number of phenols is 1. The molecule has 1 heterocycles. The summed E-state index contributed by atoms with van der Waals surface area (Å²) in [6.07, 6.45) is -1.54. The minimum Gasteiger partial charge on any atom is -0.508 e. The Morgan fingerprint density at radius 3 is 1.29 bits per heavy atom. The Kier molecular flexibility index (Phi) is 45.1. The van der Waals surface area contributed by atoms with Gasteiger partial charge in [-0.15, -0.1) is 0 Å². The van der Waals surface area contributed by atoms with Crippen LogP contribution in [-0.4, -0.2) is 235 Å². The molecule has 0 unspecified atom stereocenters. The predicted molar refractivity (Wildman–Crippen MR) is 431 cm³/mol. The average molecular weight is 1680 g/mol. The first-order valence-electron chi connectivity index (χ1n) is 39.7. The van der Waals surface area contributed by atoms with E-state index < -0.39 is 243 Å². The largest absolute Gasteiger partial charge is 0.508 e. The summed E-state index contributed by atoms with van der Waals surface area (Å²) in [5, 5.41) is 73.3. The van der Waals surface area contributed by atoms with Crippen molar-refractivity contribution in [2.45, 2.75) is 256 Å². The number of nitrogens with two attached hydrogens (primary N) is 5. The minimum absolute atomic E-state index is 0.0606. The molecule has 28 N–H and O–H groups in total. The highest BCUT2D eigenvalue weighted by Gasteiger charge is 2.39. The van der Waals surface area contributed by atoms with Crippen LogP contribution in [0.2, 0.25) is 0 Å². The number of nitrogens with zero attached hydrogens (tertiary/aromatic N) is 1. The first-order valence-corrected chi connectivity index (χ1v) is 39.7. The molecule has 119 heavy (non-hydrogen) atoms. The van der Waals surface area contributed by atoms with Gasteiger partial charge in [0.25, 0.3) is 0 Å². The average Bonchev–Trinajstić information content (AvgIpc) is 1.44. The third-order valence-electron chi connectivity index (χ3n) is 18.6. The number of imidazole rings is 1. The Morgan fingerprint density at radius 1 is 0.412 bits per heavy atom. The number of benzene rings is 2. The summed E-state index contributed by atoms with van der Waals surface area (Å²) in [6, 6.07) is -6.46. The van der Waals surface area contributed by atoms with Gasteiger partial charge in [0.05, 0.1) is 25.0 Å². The van der Waals surface area contributed by atoms with Crippen LogP contribution in [0.4, 0.5) is 0 Å². The molecular weight excluding hydrogens is 1550 g/mol. The highest BCUT2D eigenvalue weighted by molar-refractivity contribution is 6.00. The number of carbonyl (C=O) groups excluding carboxylic acids is 15. The molecule has 0 aliphatic heterocycles. The van der Waals surface area contributed by atoms with E-state index in [1.165, 1.54) is 43.7 Å². The van der Waals surface area contributed by atoms with Crippen molar-refractivity contribution in [2.75, 3.05) is 19.6 Å². The SMILES string of the molecule is CC(C)C[C@H](NC(=O)[C@H](CC(C)C)NC(=O)CNC(=O)[C@H](CCC(N)=O)NC(=O)[C@H](Cc1ccccc1)NC(=O)[C@@H](NC(=O)[C@H](Cc1cnc[nH]1)NC(=O)[C@H](CCC(=O)O)NC(=O)[C@H](CC(C)C)NC(=O)[C@H](CCC(N)=O)NC(=O)[C@H](Cc1ccc(O)cc1)NC(=O)[C@H](C)NC(=O)[C@H](CCCCN)NC(=O)[C@@H](N)CCCCN)[C@@H](C)O)C(=O)O. The van der Waals surface area contributed by atoms with Crippen LogP contribution in [0.25, 0.3) is 0 Å². The van der Waals surface area contributed by atoms with Gasteiger partial charge in [0.1, 0.15) is 78.3 Å². The van der Waals surface area contributed by atoms with Crippen LogP contribution < -0.4 is 97.8 Å². The lowest BCUT2D eigenvalue weighted by Gasteiger charge is -2.29. The number of unbranched alkanes of at least 4 members (excludes halogenated alkanes) is 2. The van der Waals surface area contributed by atoms with Crippen LogP contribution in [0.3, 0.4) is 0 Å². The standard InChI is InChI=1S/C78H122N20O21/c1-41(2)32-55(72(112)97-60(78(118)119)34-43(5)6)88-63(103)39-85-68(108)52(24-27-61(82)101)90-75(115)58(35-46-16-10-9-11-17-46)96-77(117)65(45(8)99)98-76(116)59(37-48-38-84-40-86-48)95-71(111)54(26-29-64(104)105)92-73(113)56(33-42(3)4)94-70(110)53(25-28-62(83)102)91-74(114)57(36-47-20-22-49(100)23-21-47)93-66(106)44(7)87-69(109)51(19-13-15-31-80)89-67(107)50(81)18-12-14-30-79/h9-11,16-17,20-23,38,40-45,50-60,65,99-100H,12-15,18-19,24-37,39,79-81H2,1-8H3,(H2,82,101)(H2,83,102)(H,84,86)(H,85,108)(H,87,109)(H,88,103)(H,89,107)(H,90,115)(H,91,114)(H,92,113)(H,93,106)(H,94,110)(H,95,111)(H,96,117)(H,97,112)(H,98,116)(H,104,105)(H,118,119)/t44-,45+,50-,51-,52-,53-,54-,55-,56-,57-,58-,59-,60-,65-/m0/s1. The van der Waals surface area contributed by atoms with Gasteiger partial charge >= 0.3 is 11.9 Å². The molecule has 3 rings (SSSR count). The van der Waals surface area contributed by atoms with E-state index in [2.05, 4.69) is 79.1 Å². The number of aromatic hydroxyl groups is 1. The number of carboxylic acids is 2. The van der Waals surface area contributed by atoms with Gasteiger partial charge in [0, 0.05) is 50.4 Å². The summed E-state index contributed by atoms with van der Waals surface area (Å²) in [5.74, 6) is -18.5. The lowest BCUT2D eigenvalue weighted by molar-refractivity contribution is -0.143. The van der Waals surface area contributed by atoms with Crippen molar-refractivity contribution in [2.24, 2.45) is 46.4 Å². The van der Waals surface area contributed by atoms with Crippen LogP contribution in [0.1, 0.15) is 169 Å². The van der Waals surface area contributed by atoms with Gasteiger partial charge in [-0.05, 0) is 139 Å². The van der Waals surface area contributed by atoms with E-state index in [0.29, 0.717) is 43.4 Å². The zero-order chi connectivity index (χ0) is 89.2. The number of rotatable bonds is 57. The summed E-state index contributed by atoms with van der Waals surface area (Å²) >= 11 is 0. The maximum Gasteiger partial charge on any atom is 0.326 e. The molecule has 0 aliphatic carbocycles. The molecule has 0 bridgehead atoms. The van der Waals surface area contributed by atoms with E-state index in [-0.39, 0.29) is 74.8 Å². The number of phenolic OH excluding ortho intramolecular Hbond substituents is 1. The van der Waals surface area contributed by atoms with Crippen molar-refractivity contribution < 1.29 is 102 Å². The molecule has 0 saturated carbocycles. The molecule has 660 valence electrons. The predicted octanol–water partition coefficient (Wildman–Crippen LogP) is -4.32. The number of hydrogen-bond donors (Lipinski definition) is 23. The van der Waals surface area contributed by atoms with E-state index in [4.69, 9.17) is 28.7 Å². The fraction of sp³-hybridized carbons (Fsp3) is 0.590. The second-order valence-electron chi connectivity index (χ2n) is 30.5. The van der Waals surface area contributed by atoms with Crippen molar-refractivity contribution >= 4 is 101 Å². The Hall–Kier alpha value is -11.7. The van der Waals surface area contributed by atoms with E-state index in [1.807, 2.05) is 0 Å². The number of primary amides is 2. The molecule has 0 aliphatic rings. The van der Waals surface area contributed by atoms with Gasteiger partial charge in [0.2, 0.25) is 88.6 Å². The second-order valence-corrected chi connectivity index (χ2v) is 30.5. The van der Waals surface area contributed by atoms with Gasteiger partial charge < -0.3 is 123 Å². The number of aliphatic hydroxyl groups is 1. The monoisotopic (exact) mass is 1670 g/mol. The lowest BCUT2D eigenvalue weighted by Crippen LogP contribution is -2.62. The molecule has 3 aromatic rings. The summed E-state index contributed by atoms with van der Waals surface area (Å²) in [4.78, 5) is 239. The van der Waals surface area contributed by atoms with E-state index in [1.54, 1.807) is 71.9 Å². The zero-order valence-electron chi connectivity index (χ0n) is 68.6. The number of aliphatic carboxylic acids is 2. The van der Waals surface area contributed by atoms with Gasteiger partial charge in [-0.25, -0.2) is 9.78 Å². The van der Waals surface area contributed by atoms with E-state index >= 15 is 0 Å². The lowest BCUT2D eigenvalue weighted by atomic mass is 10.00. The number of aliphatic hydroxyl groups excluding tert-OH is 1. The highest BCUT2D eigenvalue weighted by atomic mass is 16.4. The number of H-pyrrole nitrogens is 1. The first-order chi connectivity index (χ1) is 56.1. The number of amides is 15. The smallest absolute Gasteiger partial charge is 0.326 e. The Balaban J connectivity index is 1.98. The Morgan fingerprint density at radius 2 is 0.807 bits per heavy atom. The van der Waals surface area contributed by atoms with Crippen molar-refractivity contribution in [3.05, 3.63) is 83.9 Å². The topological polar surface area (TPSA) is 686 Å². The van der Waals surface area contributed by atoms with Gasteiger partial charge in [0.15, 0.2) is 0 Å². The fourth-order valence-corrected chi connectivity index (χ4v) is 12.2. The molecule has 15 amide bonds. The van der Waals surface area contributed by atoms with Gasteiger partial charge in [-0.3, -0.25) is 76.7 Å². The molecular formula is C78H122N20O21. The van der Waals surface area contributed by atoms with Gasteiger partial charge in [-0.1, -0.05) is 90.4 Å². The number of hydrogen-bond acceptors (Lipinski definition) is 23. The molecule has 0 radical (unpaired) electrons. The molecule has 0 fully saturated rings. The highest BCUT2D eigenvalue weighted by Crippen LogP contribution is 2.17. The third-order valence-corrected chi connectivity index (χ3v) is 18.6. The van der Waals surface area contributed by atoms with Crippen LogP contribution >= 0.6 is 0 Å². The van der Waals surface area contributed by atoms with Crippen LogP contribution in [-0.2, 0) is 101 Å². The van der Waals surface area contributed by atoms with E-state index in [0.717, 1.165) is 6.92 Å². The number of carbonyl (C=O) groups is 17. The maximum absolute atomic E-state index is 14.7. The molecule has 1 aromatic heterocycles. The maximum atomic E-state index is 14.7. The molecule has 2 aromatic carbocycles. The molecule has 0 spiro atoms. The number of aromatic amines is 1. The van der Waals surface area contributed by atoms with Crippen molar-refractivity contribution in [3.8, 4) is 5.75 Å². The summed E-state index contributed by atoms with van der Waals surface area (Å²) in [5.41, 5.74) is 29.4. The number of nitrogens with one attached hydrogen (secondary N) is 14. The third kappa shape index (κ3) is 39.4. The molecule has 41 nitrogen and oxygen atoms in total. The summed E-state index contributed by atoms with van der Waals surface area (Å²) in [6.45, 7) is 12.6. The van der Waals surface area contributed by atoms with Crippen molar-refractivity contribution in [1.82, 2.24) is 79.1 Å². The van der Waals surface area contributed by atoms with Crippen LogP contribution in [0.15, 0.2) is 67.1 Å². The van der Waals surface area contributed by atoms with Crippen LogP contribution in [0.5, 0.6) is 5.75 Å². The second kappa shape index (κ2) is 52.9. The quantitative estimate of drug-likeness (QED) is 0.0238. The van der Waals surface area contributed by atoms with Crippen LogP contribution in [0, 0.1) is 17.8 Å². The molecule has 14 atom stereocenters.